The van der Waals surface area contributed by atoms with Gasteiger partial charge in [-0.15, -0.1) is 0 Å². The second-order valence-corrected chi connectivity index (χ2v) is 4.53. The van der Waals surface area contributed by atoms with Crippen molar-refractivity contribution < 1.29 is 14.3 Å². The molecule has 1 aromatic heterocycles. The molecule has 1 saturated heterocycles. The number of pyridine rings is 1. The molecule has 0 N–H and O–H groups in total. The molecule has 0 spiro atoms. The zero-order chi connectivity index (χ0) is 13.8. The molecule has 0 radical (unpaired) electrons. The predicted molar refractivity (Wildman–Crippen MR) is 69.6 cm³/mol. The van der Waals surface area contributed by atoms with Gasteiger partial charge in [-0.05, 0) is 24.5 Å². The molecule has 1 unspecified atom stereocenters. The van der Waals surface area contributed by atoms with Gasteiger partial charge in [0, 0.05) is 24.9 Å². The Labute approximate surface area is 112 Å². The molecule has 2 heterocycles. The van der Waals surface area contributed by atoms with Crippen LogP contribution in [0.25, 0.3) is 0 Å². The molecule has 0 saturated carbocycles. The second kappa shape index (κ2) is 5.82. The van der Waals surface area contributed by atoms with E-state index in [2.05, 4.69) is 11.9 Å². The van der Waals surface area contributed by atoms with Crippen molar-refractivity contribution in [2.75, 3.05) is 6.54 Å². The summed E-state index contributed by atoms with van der Waals surface area (Å²) in [6.45, 7) is 4.22. The van der Waals surface area contributed by atoms with Crippen molar-refractivity contribution in [2.24, 2.45) is 0 Å². The molecule has 2 rings (SSSR count). The molecule has 1 aliphatic rings. The predicted octanol–water partition coefficient (Wildman–Crippen LogP) is 1.94. The number of imide groups is 1. The average Bonchev–Trinajstić information content (AvgIpc) is 2.72. The van der Waals surface area contributed by atoms with Crippen LogP contribution in [0.15, 0.2) is 18.3 Å². The molecule has 1 aliphatic heterocycles. The summed E-state index contributed by atoms with van der Waals surface area (Å²) in [5, 5.41) is 0. The molecule has 2 amide bonds. The highest BCUT2D eigenvalue weighted by molar-refractivity contribution is 5.99. The van der Waals surface area contributed by atoms with E-state index < -0.39 is 12.2 Å². The largest absolute Gasteiger partial charge is 0.436 e. The fraction of sp³-hybridized carbons (Fsp3) is 0.500. The Morgan fingerprint density at radius 2 is 2.11 bits per heavy atom. The number of cyclic esters (lactones) is 1. The quantitative estimate of drug-likeness (QED) is 0.813. The van der Waals surface area contributed by atoms with Gasteiger partial charge in [-0.1, -0.05) is 19.9 Å². The molecule has 1 atom stereocenters. The minimum absolute atomic E-state index is 0.238. The van der Waals surface area contributed by atoms with E-state index in [1.54, 1.807) is 0 Å². The lowest BCUT2D eigenvalue weighted by Crippen LogP contribution is -2.33. The van der Waals surface area contributed by atoms with Crippen LogP contribution in [0, 0.1) is 0 Å². The lowest BCUT2D eigenvalue weighted by Gasteiger charge is -2.10. The highest BCUT2D eigenvalue weighted by atomic mass is 16.6. The standard InChI is InChI=1S/C14H18N2O3/c1-3-10-5-6-11(15-9-10)7-8-16-13(17)12(4-2)19-14(16)18/h5-6,9,12H,3-4,7-8H2,1-2H3. The first kappa shape index (κ1) is 13.5. The molecule has 102 valence electrons. The number of aromatic nitrogens is 1. The maximum atomic E-state index is 11.8. The summed E-state index contributed by atoms with van der Waals surface area (Å²) in [6.07, 6.45) is 2.70. The monoisotopic (exact) mass is 262 g/mol. The lowest BCUT2D eigenvalue weighted by atomic mass is 10.2. The molecule has 5 nitrogen and oxygen atoms in total. The summed E-state index contributed by atoms with van der Waals surface area (Å²) in [4.78, 5) is 28.8. The van der Waals surface area contributed by atoms with Gasteiger partial charge in [0.25, 0.3) is 5.91 Å². The van der Waals surface area contributed by atoms with Crippen LogP contribution in [0.4, 0.5) is 4.79 Å². The average molecular weight is 262 g/mol. The van der Waals surface area contributed by atoms with E-state index in [0.717, 1.165) is 12.1 Å². The van der Waals surface area contributed by atoms with E-state index >= 15 is 0 Å². The van der Waals surface area contributed by atoms with E-state index in [1.165, 1.54) is 10.5 Å². The first-order chi connectivity index (χ1) is 9.15. The van der Waals surface area contributed by atoms with E-state index in [4.69, 9.17) is 4.74 Å². The van der Waals surface area contributed by atoms with E-state index in [1.807, 2.05) is 25.3 Å². The number of ether oxygens (including phenoxy) is 1. The minimum atomic E-state index is -0.608. The molecular weight excluding hydrogens is 244 g/mol. The molecule has 0 aromatic carbocycles. The number of hydrogen-bond donors (Lipinski definition) is 0. The Kier molecular flexibility index (Phi) is 4.14. The van der Waals surface area contributed by atoms with Crippen LogP contribution in [-0.4, -0.2) is 34.5 Å². The van der Waals surface area contributed by atoms with Gasteiger partial charge in [0.2, 0.25) is 0 Å². The lowest BCUT2D eigenvalue weighted by molar-refractivity contribution is -0.129. The molecule has 19 heavy (non-hydrogen) atoms. The highest BCUT2D eigenvalue weighted by Crippen LogP contribution is 2.16. The Balaban J connectivity index is 1.94. The van der Waals surface area contributed by atoms with E-state index in [9.17, 15) is 9.59 Å². The number of carbonyl (C=O) groups is 2. The van der Waals surface area contributed by atoms with Crippen molar-refractivity contribution in [3.63, 3.8) is 0 Å². The van der Waals surface area contributed by atoms with E-state index in [0.29, 0.717) is 19.4 Å². The Bertz CT molecular complexity index is 470. The molecule has 5 heteroatoms. The highest BCUT2D eigenvalue weighted by Gasteiger charge is 2.38. The van der Waals surface area contributed by atoms with Crippen molar-refractivity contribution in [1.29, 1.82) is 0 Å². The molecule has 0 bridgehead atoms. The number of hydrogen-bond acceptors (Lipinski definition) is 4. The zero-order valence-corrected chi connectivity index (χ0v) is 11.3. The maximum Gasteiger partial charge on any atom is 0.417 e. The number of rotatable bonds is 5. The summed E-state index contributed by atoms with van der Waals surface area (Å²) in [6, 6.07) is 3.95. The third-order valence-electron chi connectivity index (χ3n) is 3.26. The second-order valence-electron chi connectivity index (χ2n) is 4.53. The summed E-state index contributed by atoms with van der Waals surface area (Å²) in [7, 11) is 0. The van der Waals surface area contributed by atoms with Gasteiger partial charge in [0.05, 0.1) is 0 Å². The molecule has 1 aromatic rings. The normalized spacial score (nSPS) is 18.8. The SMILES string of the molecule is CCc1ccc(CCN2C(=O)OC(CC)C2=O)nc1. The summed E-state index contributed by atoms with van der Waals surface area (Å²) >= 11 is 0. The van der Waals surface area contributed by atoms with Gasteiger partial charge < -0.3 is 4.74 Å². The number of amides is 2. The van der Waals surface area contributed by atoms with Gasteiger partial charge in [-0.3, -0.25) is 9.78 Å². The van der Waals surface area contributed by atoms with Crippen LogP contribution in [0.5, 0.6) is 0 Å². The van der Waals surface area contributed by atoms with Crippen molar-refractivity contribution in [2.45, 2.75) is 39.2 Å². The first-order valence-electron chi connectivity index (χ1n) is 6.61. The first-order valence-corrected chi connectivity index (χ1v) is 6.61. The molecule has 0 aliphatic carbocycles. The summed E-state index contributed by atoms with van der Waals surface area (Å²) in [5.74, 6) is -0.238. The smallest absolute Gasteiger partial charge is 0.417 e. The van der Waals surface area contributed by atoms with Gasteiger partial charge in [-0.2, -0.15) is 0 Å². The molecule has 1 fully saturated rings. The number of carbonyl (C=O) groups excluding carboxylic acids is 2. The molecular formula is C14H18N2O3. The van der Waals surface area contributed by atoms with Gasteiger partial charge in [-0.25, -0.2) is 9.69 Å². The number of nitrogens with zero attached hydrogens (tertiary/aromatic N) is 2. The zero-order valence-electron chi connectivity index (χ0n) is 11.3. The Hall–Kier alpha value is -1.91. The van der Waals surface area contributed by atoms with Crippen molar-refractivity contribution in [1.82, 2.24) is 9.88 Å². The van der Waals surface area contributed by atoms with Gasteiger partial charge in [0.15, 0.2) is 6.10 Å². The van der Waals surface area contributed by atoms with Crippen molar-refractivity contribution in [3.05, 3.63) is 29.6 Å². The minimum Gasteiger partial charge on any atom is -0.436 e. The van der Waals surface area contributed by atoms with Crippen LogP contribution in [-0.2, 0) is 22.4 Å². The Morgan fingerprint density at radius 1 is 1.32 bits per heavy atom. The third kappa shape index (κ3) is 2.92. The fourth-order valence-electron chi connectivity index (χ4n) is 2.00. The van der Waals surface area contributed by atoms with Crippen LogP contribution >= 0.6 is 0 Å². The van der Waals surface area contributed by atoms with Crippen molar-refractivity contribution in [3.8, 4) is 0 Å². The van der Waals surface area contributed by atoms with Crippen LogP contribution in [0.3, 0.4) is 0 Å². The topological polar surface area (TPSA) is 59.5 Å². The number of aryl methyl sites for hydroxylation is 1. The summed E-state index contributed by atoms with van der Waals surface area (Å²) < 4.78 is 4.98. The van der Waals surface area contributed by atoms with Gasteiger partial charge in [0.1, 0.15) is 0 Å². The Morgan fingerprint density at radius 3 is 2.63 bits per heavy atom. The van der Waals surface area contributed by atoms with Crippen LogP contribution in [0.2, 0.25) is 0 Å². The fourth-order valence-corrected chi connectivity index (χ4v) is 2.00. The maximum absolute atomic E-state index is 11.8. The van der Waals surface area contributed by atoms with Crippen LogP contribution < -0.4 is 0 Å². The van der Waals surface area contributed by atoms with Gasteiger partial charge >= 0.3 is 6.09 Å². The third-order valence-corrected chi connectivity index (χ3v) is 3.26. The summed E-state index contributed by atoms with van der Waals surface area (Å²) in [5.41, 5.74) is 2.05. The van der Waals surface area contributed by atoms with Crippen molar-refractivity contribution >= 4 is 12.0 Å². The van der Waals surface area contributed by atoms with Crippen LogP contribution in [0.1, 0.15) is 31.5 Å². The van der Waals surface area contributed by atoms with E-state index in [-0.39, 0.29) is 5.91 Å².